The van der Waals surface area contributed by atoms with Gasteiger partial charge in [-0.2, -0.15) is 4.31 Å². The van der Waals surface area contributed by atoms with Crippen LogP contribution < -0.4 is 4.72 Å². The van der Waals surface area contributed by atoms with Crippen LogP contribution in [0.3, 0.4) is 0 Å². The normalized spacial score (nSPS) is 14.7. The second-order valence-corrected chi connectivity index (χ2v) is 11.7. The highest BCUT2D eigenvalue weighted by Gasteiger charge is 2.28. The van der Waals surface area contributed by atoms with E-state index in [9.17, 15) is 16.8 Å². The zero-order chi connectivity index (χ0) is 22.9. The van der Waals surface area contributed by atoms with Crippen LogP contribution in [0.1, 0.15) is 23.6 Å². The van der Waals surface area contributed by atoms with Crippen LogP contribution in [0.5, 0.6) is 0 Å². The number of aryl methyl sites for hydroxylation is 1. The van der Waals surface area contributed by atoms with E-state index in [0.717, 1.165) is 23.1 Å². The monoisotopic (exact) mass is 490 g/mol. The van der Waals surface area contributed by atoms with Crippen molar-refractivity contribution in [1.29, 1.82) is 0 Å². The van der Waals surface area contributed by atoms with Gasteiger partial charge in [0, 0.05) is 23.8 Å². The minimum Gasteiger partial charge on any atom is -0.280 e. The summed E-state index contributed by atoms with van der Waals surface area (Å²) in [5, 5.41) is 0.467. The predicted octanol–water partition coefficient (Wildman–Crippen LogP) is 4.45. The topological polar surface area (TPSA) is 83.6 Å². The van der Waals surface area contributed by atoms with Crippen LogP contribution in [-0.4, -0.2) is 27.7 Å². The molecule has 0 aromatic heterocycles. The molecule has 3 aromatic carbocycles. The van der Waals surface area contributed by atoms with Gasteiger partial charge in [-0.1, -0.05) is 36.7 Å². The van der Waals surface area contributed by atoms with Crippen LogP contribution in [-0.2, 0) is 39.4 Å². The Morgan fingerprint density at radius 2 is 1.53 bits per heavy atom. The number of benzene rings is 3. The molecule has 1 heterocycles. The largest absolute Gasteiger partial charge is 0.280 e. The molecule has 3 aromatic rings. The average Bonchev–Trinajstić information content (AvgIpc) is 2.78. The number of fused-ring (bicyclic) bond motifs is 1. The Morgan fingerprint density at radius 3 is 2.19 bits per heavy atom. The molecule has 0 unspecified atom stereocenters. The summed E-state index contributed by atoms with van der Waals surface area (Å²) in [7, 11) is -7.43. The molecule has 0 amide bonds. The molecule has 6 nitrogen and oxygen atoms in total. The summed E-state index contributed by atoms with van der Waals surface area (Å²) in [6.07, 6.45) is 1.38. The zero-order valence-corrected chi connectivity index (χ0v) is 19.8. The van der Waals surface area contributed by atoms with Crippen molar-refractivity contribution in [1.82, 2.24) is 4.31 Å². The van der Waals surface area contributed by atoms with E-state index in [-0.39, 0.29) is 16.3 Å². The van der Waals surface area contributed by atoms with Crippen LogP contribution in [0, 0.1) is 0 Å². The van der Waals surface area contributed by atoms with E-state index < -0.39 is 20.0 Å². The molecule has 0 fully saturated rings. The average molecular weight is 491 g/mol. The van der Waals surface area contributed by atoms with Crippen molar-refractivity contribution in [3.8, 4) is 0 Å². The lowest BCUT2D eigenvalue weighted by molar-refractivity contribution is 0.391. The predicted molar refractivity (Wildman–Crippen MR) is 126 cm³/mol. The molecule has 0 spiro atoms. The number of rotatable bonds is 6. The number of hydrogen-bond acceptors (Lipinski definition) is 4. The fourth-order valence-corrected chi connectivity index (χ4v) is 6.27. The summed E-state index contributed by atoms with van der Waals surface area (Å²) in [6, 6.07) is 18.1. The third kappa shape index (κ3) is 4.68. The van der Waals surface area contributed by atoms with Crippen LogP contribution in [0.4, 0.5) is 5.69 Å². The molecule has 1 N–H and O–H groups in total. The molecule has 1 aliphatic rings. The summed E-state index contributed by atoms with van der Waals surface area (Å²) in [5.74, 6) is 0. The van der Waals surface area contributed by atoms with Crippen LogP contribution >= 0.6 is 11.6 Å². The zero-order valence-electron chi connectivity index (χ0n) is 17.5. The number of hydrogen-bond donors (Lipinski definition) is 1. The first-order valence-corrected chi connectivity index (χ1v) is 13.5. The molecule has 0 aliphatic carbocycles. The second-order valence-electron chi connectivity index (χ2n) is 7.63. The Bertz CT molecular complexity index is 1340. The summed E-state index contributed by atoms with van der Waals surface area (Å²) in [6.45, 7) is 2.53. The van der Waals surface area contributed by atoms with E-state index in [1.807, 2.05) is 13.0 Å². The lowest BCUT2D eigenvalue weighted by atomic mass is 10.0. The van der Waals surface area contributed by atoms with Gasteiger partial charge in [0.25, 0.3) is 10.0 Å². The van der Waals surface area contributed by atoms with E-state index in [2.05, 4.69) is 4.72 Å². The maximum atomic E-state index is 13.0. The molecule has 0 bridgehead atoms. The summed E-state index contributed by atoms with van der Waals surface area (Å²) in [5.41, 5.74) is 3.23. The number of nitrogens with zero attached hydrogens (tertiary/aromatic N) is 1. The minimum atomic E-state index is -3.75. The van der Waals surface area contributed by atoms with Crippen molar-refractivity contribution in [2.45, 2.75) is 36.1 Å². The Kier molecular flexibility index (Phi) is 6.31. The van der Waals surface area contributed by atoms with Crippen molar-refractivity contribution < 1.29 is 16.8 Å². The van der Waals surface area contributed by atoms with Gasteiger partial charge in [-0.05, 0) is 78.1 Å². The SMILES string of the molecule is CCc1ccc(S(=O)(=O)Nc2ccc3c(c2)CN(S(=O)(=O)c2ccc(Cl)cc2)CC3)cc1. The maximum Gasteiger partial charge on any atom is 0.261 e. The fourth-order valence-electron chi connectivity index (χ4n) is 3.67. The van der Waals surface area contributed by atoms with E-state index >= 15 is 0 Å². The van der Waals surface area contributed by atoms with Crippen LogP contribution in [0.15, 0.2) is 76.5 Å². The van der Waals surface area contributed by atoms with Gasteiger partial charge in [-0.25, -0.2) is 16.8 Å². The highest BCUT2D eigenvalue weighted by molar-refractivity contribution is 7.92. The van der Waals surface area contributed by atoms with Crippen molar-refractivity contribution >= 4 is 37.3 Å². The van der Waals surface area contributed by atoms with Gasteiger partial charge in [-0.3, -0.25) is 4.72 Å². The molecule has 0 saturated carbocycles. The van der Waals surface area contributed by atoms with E-state index in [1.165, 1.54) is 16.4 Å². The molecule has 1 aliphatic heterocycles. The first-order chi connectivity index (χ1) is 15.2. The lowest BCUT2D eigenvalue weighted by Gasteiger charge is -2.28. The van der Waals surface area contributed by atoms with Crippen molar-refractivity contribution in [3.63, 3.8) is 0 Å². The summed E-state index contributed by atoms with van der Waals surface area (Å²) < 4.78 is 55.6. The highest BCUT2D eigenvalue weighted by atomic mass is 35.5. The Balaban J connectivity index is 1.56. The van der Waals surface area contributed by atoms with E-state index in [0.29, 0.717) is 23.7 Å². The summed E-state index contributed by atoms with van der Waals surface area (Å²) in [4.78, 5) is 0.358. The van der Waals surface area contributed by atoms with Crippen LogP contribution in [0.2, 0.25) is 5.02 Å². The standard InChI is InChI=1S/C23H23ClN2O4S2/c1-2-17-3-9-22(10-4-17)31(27,28)25-21-8-5-18-13-14-26(16-19(18)15-21)32(29,30)23-11-6-20(24)7-12-23/h3-12,15,25H,2,13-14,16H2,1H3. The van der Waals surface area contributed by atoms with Crippen molar-refractivity contribution in [2.75, 3.05) is 11.3 Å². The highest BCUT2D eigenvalue weighted by Crippen LogP contribution is 2.28. The van der Waals surface area contributed by atoms with Gasteiger partial charge in [0.1, 0.15) is 0 Å². The maximum absolute atomic E-state index is 13.0. The molecular formula is C23H23ClN2O4S2. The Hall–Kier alpha value is -2.39. The minimum absolute atomic E-state index is 0.168. The molecule has 0 atom stereocenters. The van der Waals surface area contributed by atoms with Gasteiger partial charge < -0.3 is 0 Å². The molecule has 9 heteroatoms. The molecule has 0 saturated heterocycles. The number of halogens is 1. The third-order valence-electron chi connectivity index (χ3n) is 5.53. The first-order valence-electron chi connectivity index (χ1n) is 10.2. The van der Waals surface area contributed by atoms with Crippen molar-refractivity contribution in [2.24, 2.45) is 0 Å². The smallest absolute Gasteiger partial charge is 0.261 e. The lowest BCUT2D eigenvalue weighted by Crippen LogP contribution is -2.36. The fraction of sp³-hybridized carbons (Fsp3) is 0.217. The quantitative estimate of drug-likeness (QED) is 0.553. The molecule has 0 radical (unpaired) electrons. The van der Waals surface area contributed by atoms with Gasteiger partial charge in [0.05, 0.1) is 9.79 Å². The molecular weight excluding hydrogens is 468 g/mol. The van der Waals surface area contributed by atoms with Gasteiger partial charge in [0.2, 0.25) is 10.0 Å². The third-order valence-corrected chi connectivity index (χ3v) is 9.04. The number of sulfonamides is 2. The van der Waals surface area contributed by atoms with Crippen LogP contribution in [0.25, 0.3) is 0 Å². The van der Waals surface area contributed by atoms with E-state index in [4.69, 9.17) is 11.6 Å². The second kappa shape index (κ2) is 8.86. The van der Waals surface area contributed by atoms with Gasteiger partial charge >= 0.3 is 0 Å². The molecule has 168 valence electrons. The Morgan fingerprint density at radius 1 is 0.875 bits per heavy atom. The molecule has 32 heavy (non-hydrogen) atoms. The first kappa shape index (κ1) is 22.8. The number of anilines is 1. The molecule has 4 rings (SSSR count). The van der Waals surface area contributed by atoms with E-state index in [1.54, 1.807) is 48.5 Å². The van der Waals surface area contributed by atoms with Gasteiger partial charge in [0.15, 0.2) is 0 Å². The number of nitrogens with one attached hydrogen (secondary N) is 1. The Labute approximate surface area is 193 Å². The van der Waals surface area contributed by atoms with Crippen molar-refractivity contribution in [3.05, 3.63) is 88.4 Å². The summed E-state index contributed by atoms with van der Waals surface area (Å²) >= 11 is 5.88. The van der Waals surface area contributed by atoms with Gasteiger partial charge in [-0.15, -0.1) is 0 Å².